The van der Waals surface area contributed by atoms with Crippen LogP contribution < -0.4 is 16.0 Å². The third kappa shape index (κ3) is 5.97. The van der Waals surface area contributed by atoms with E-state index in [1.54, 1.807) is 34.9 Å². The second-order valence-electron chi connectivity index (χ2n) is 7.92. The summed E-state index contributed by atoms with van der Waals surface area (Å²) >= 11 is 7.54. The number of amides is 2. The zero-order valence-corrected chi connectivity index (χ0v) is 20.0. The van der Waals surface area contributed by atoms with E-state index in [2.05, 4.69) is 5.32 Å². The Morgan fingerprint density at radius 2 is 1.91 bits per heavy atom. The van der Waals surface area contributed by atoms with E-state index in [1.807, 2.05) is 24.3 Å². The molecule has 1 fully saturated rings. The number of nitrogens with two attached hydrogens (primary N) is 1. The van der Waals surface area contributed by atoms with E-state index in [0.717, 1.165) is 42.2 Å². The van der Waals surface area contributed by atoms with Gasteiger partial charge >= 0.3 is 0 Å². The van der Waals surface area contributed by atoms with Crippen LogP contribution in [0.25, 0.3) is 0 Å². The molecule has 3 N–H and O–H groups in total. The molecule has 1 atom stereocenters. The van der Waals surface area contributed by atoms with Crippen molar-refractivity contribution in [1.82, 2.24) is 5.32 Å². The molecule has 0 radical (unpaired) electrons. The summed E-state index contributed by atoms with van der Waals surface area (Å²) in [6, 6.07) is 12.3. The maximum absolute atomic E-state index is 13.0. The average Bonchev–Trinajstić information content (AvgIpc) is 2.91. The maximum atomic E-state index is 13.0. The minimum absolute atomic E-state index is 0. The lowest BCUT2D eigenvalue weighted by Gasteiger charge is -2.25. The molecule has 172 valence electrons. The van der Waals surface area contributed by atoms with E-state index in [1.165, 1.54) is 0 Å². The molecule has 2 aliphatic rings. The van der Waals surface area contributed by atoms with Crippen LogP contribution in [0.15, 0.2) is 47.4 Å². The number of fused-ring (bicyclic) bond motifs is 1. The van der Waals surface area contributed by atoms with Crippen LogP contribution in [-0.2, 0) is 16.1 Å². The van der Waals surface area contributed by atoms with E-state index in [-0.39, 0.29) is 24.2 Å². The van der Waals surface area contributed by atoms with Gasteiger partial charge in [0.1, 0.15) is 0 Å². The Morgan fingerprint density at radius 1 is 1.19 bits per heavy atom. The Hall–Kier alpha value is -1.77. The fourth-order valence-electron chi connectivity index (χ4n) is 3.79. The van der Waals surface area contributed by atoms with Gasteiger partial charge in [-0.1, -0.05) is 23.7 Å². The molecule has 9 heteroatoms. The number of nitrogens with zero attached hydrogens (tertiary/aromatic N) is 1. The van der Waals surface area contributed by atoms with Gasteiger partial charge in [0, 0.05) is 41.0 Å². The van der Waals surface area contributed by atoms with Crippen molar-refractivity contribution in [3.63, 3.8) is 0 Å². The smallest absolute Gasteiger partial charge is 0.251 e. The summed E-state index contributed by atoms with van der Waals surface area (Å²) in [5.41, 5.74) is 8.33. The number of ether oxygens (including phenoxy) is 1. The molecule has 0 aromatic heterocycles. The van der Waals surface area contributed by atoms with E-state index < -0.39 is 6.04 Å². The molecule has 6 nitrogen and oxygen atoms in total. The second kappa shape index (κ2) is 11.4. The number of carbonyl (C=O) groups excluding carboxylic acids is 2. The lowest BCUT2D eigenvalue weighted by atomic mass is 10.0. The van der Waals surface area contributed by atoms with Gasteiger partial charge in [0.2, 0.25) is 5.91 Å². The molecule has 2 amide bonds. The minimum atomic E-state index is -0.601. The summed E-state index contributed by atoms with van der Waals surface area (Å²) in [4.78, 5) is 28.5. The van der Waals surface area contributed by atoms with Gasteiger partial charge in [-0.15, -0.1) is 24.2 Å². The van der Waals surface area contributed by atoms with E-state index in [4.69, 9.17) is 22.1 Å². The van der Waals surface area contributed by atoms with Crippen LogP contribution in [0, 0.1) is 5.92 Å². The van der Waals surface area contributed by atoms with Gasteiger partial charge in [-0.25, -0.2) is 0 Å². The van der Waals surface area contributed by atoms with Crippen LogP contribution in [0.3, 0.4) is 0 Å². The van der Waals surface area contributed by atoms with Gasteiger partial charge < -0.3 is 20.7 Å². The highest BCUT2D eigenvalue weighted by Gasteiger charge is 2.29. The van der Waals surface area contributed by atoms with Crippen LogP contribution in [0.5, 0.6) is 0 Å². The summed E-state index contributed by atoms with van der Waals surface area (Å²) in [5.74, 6) is 0.654. The van der Waals surface area contributed by atoms with Gasteiger partial charge in [-0.3, -0.25) is 9.59 Å². The van der Waals surface area contributed by atoms with Crippen molar-refractivity contribution in [1.29, 1.82) is 0 Å². The highest BCUT2D eigenvalue weighted by Crippen LogP contribution is 2.36. The number of anilines is 1. The molecule has 0 unspecified atom stereocenters. The Labute approximate surface area is 203 Å². The van der Waals surface area contributed by atoms with Crippen molar-refractivity contribution in [2.75, 3.05) is 30.4 Å². The monoisotopic (exact) mass is 495 g/mol. The molecule has 2 aromatic carbocycles. The standard InChI is InChI=1S/C23H26ClN3O3S.ClH/c24-18-4-1-16(2-5-18)13-27-20-11-17(3-6-21(20)31-14-19(25)23(27)29)22(28)26-12-15-7-9-30-10-8-15;/h1-6,11,15,19H,7-10,12-14,25H2,(H,26,28);1H/t19-;/m0./s1. The first-order valence-electron chi connectivity index (χ1n) is 10.5. The summed E-state index contributed by atoms with van der Waals surface area (Å²) in [6.45, 7) is 2.49. The van der Waals surface area contributed by atoms with E-state index in [9.17, 15) is 9.59 Å². The molecule has 0 bridgehead atoms. The lowest BCUT2D eigenvalue weighted by Crippen LogP contribution is -2.44. The van der Waals surface area contributed by atoms with Gasteiger partial charge in [-0.2, -0.15) is 0 Å². The largest absolute Gasteiger partial charge is 0.381 e. The number of carbonyl (C=O) groups is 2. The SMILES string of the molecule is Cl.N[C@H]1CSc2ccc(C(=O)NCC3CCOCC3)cc2N(Cc2ccc(Cl)cc2)C1=O. The molecule has 0 spiro atoms. The predicted molar refractivity (Wildman–Crippen MR) is 131 cm³/mol. The first kappa shape index (κ1) is 24.9. The quantitative estimate of drug-likeness (QED) is 0.657. The molecular formula is C23H27Cl2N3O3S. The summed E-state index contributed by atoms with van der Waals surface area (Å²) in [6.07, 6.45) is 1.92. The lowest BCUT2D eigenvalue weighted by molar-refractivity contribution is -0.119. The number of hydrogen-bond donors (Lipinski definition) is 2. The van der Waals surface area contributed by atoms with Crippen LogP contribution in [0.4, 0.5) is 5.69 Å². The molecule has 2 aromatic rings. The molecular weight excluding hydrogens is 469 g/mol. The highest BCUT2D eigenvalue weighted by molar-refractivity contribution is 7.99. The molecule has 2 aliphatic heterocycles. The van der Waals surface area contributed by atoms with Gasteiger partial charge in [0.05, 0.1) is 18.3 Å². The van der Waals surface area contributed by atoms with Crippen molar-refractivity contribution < 1.29 is 14.3 Å². The highest BCUT2D eigenvalue weighted by atomic mass is 35.5. The number of benzene rings is 2. The van der Waals surface area contributed by atoms with Crippen molar-refractivity contribution in [2.24, 2.45) is 11.7 Å². The Morgan fingerprint density at radius 3 is 2.62 bits per heavy atom. The van der Waals surface area contributed by atoms with Crippen LogP contribution in [0.1, 0.15) is 28.8 Å². The molecule has 0 aliphatic carbocycles. The van der Waals surface area contributed by atoms with Gasteiger partial charge in [0.15, 0.2) is 0 Å². The van der Waals surface area contributed by atoms with Gasteiger partial charge in [0.25, 0.3) is 5.91 Å². The Bertz CT molecular complexity index is 952. The first-order valence-corrected chi connectivity index (χ1v) is 11.8. The molecule has 32 heavy (non-hydrogen) atoms. The summed E-state index contributed by atoms with van der Waals surface area (Å²) in [7, 11) is 0. The second-order valence-corrected chi connectivity index (χ2v) is 9.41. The zero-order valence-electron chi connectivity index (χ0n) is 17.6. The van der Waals surface area contributed by atoms with E-state index in [0.29, 0.717) is 35.3 Å². The van der Waals surface area contributed by atoms with Crippen LogP contribution in [-0.4, -0.2) is 43.4 Å². The van der Waals surface area contributed by atoms with Crippen molar-refractivity contribution >= 4 is 53.3 Å². The number of halogens is 2. The van der Waals surface area contributed by atoms with Gasteiger partial charge in [-0.05, 0) is 54.7 Å². The third-order valence-corrected chi connectivity index (χ3v) is 7.09. The minimum Gasteiger partial charge on any atom is -0.381 e. The van der Waals surface area contributed by atoms with Crippen molar-refractivity contribution in [3.8, 4) is 0 Å². The Balaban J connectivity index is 0.00000289. The van der Waals surface area contributed by atoms with Crippen molar-refractivity contribution in [3.05, 3.63) is 58.6 Å². The van der Waals surface area contributed by atoms with Crippen LogP contribution in [0.2, 0.25) is 5.02 Å². The Kier molecular flexibility index (Phi) is 8.85. The topological polar surface area (TPSA) is 84.7 Å². The fourth-order valence-corrected chi connectivity index (χ4v) is 4.90. The molecule has 2 heterocycles. The predicted octanol–water partition coefficient (Wildman–Crippen LogP) is 3.88. The molecule has 4 rings (SSSR count). The maximum Gasteiger partial charge on any atom is 0.251 e. The first-order chi connectivity index (χ1) is 15.0. The van der Waals surface area contributed by atoms with E-state index >= 15 is 0 Å². The fraction of sp³-hybridized carbons (Fsp3) is 0.391. The molecule has 1 saturated heterocycles. The normalized spacial score (nSPS) is 19.0. The summed E-state index contributed by atoms with van der Waals surface area (Å²) < 4.78 is 5.38. The number of nitrogens with one attached hydrogen (secondary N) is 1. The zero-order chi connectivity index (χ0) is 21.8. The third-order valence-electron chi connectivity index (χ3n) is 5.66. The molecule has 0 saturated carbocycles. The number of thioether (sulfide) groups is 1. The number of rotatable bonds is 5. The summed E-state index contributed by atoms with van der Waals surface area (Å²) in [5, 5.41) is 3.68. The van der Waals surface area contributed by atoms with Crippen molar-refractivity contribution in [2.45, 2.75) is 30.3 Å². The number of hydrogen-bond acceptors (Lipinski definition) is 5. The average molecular weight is 496 g/mol. The van der Waals surface area contributed by atoms with Crippen LogP contribution >= 0.6 is 35.8 Å².